The van der Waals surface area contributed by atoms with E-state index in [4.69, 9.17) is 18.9 Å². The van der Waals surface area contributed by atoms with Gasteiger partial charge in [0.05, 0.1) is 29.8 Å². The first-order valence-corrected chi connectivity index (χ1v) is 9.99. The second-order valence-corrected chi connectivity index (χ2v) is 8.20. The first kappa shape index (κ1) is 22.2. The van der Waals surface area contributed by atoms with Gasteiger partial charge in [-0.25, -0.2) is 9.59 Å². The number of carbonyl (C=O) groups is 3. The number of epoxide rings is 1. The molecule has 0 aromatic heterocycles. The van der Waals surface area contributed by atoms with Crippen molar-refractivity contribution in [3.8, 4) is 0 Å². The van der Waals surface area contributed by atoms with E-state index in [0.29, 0.717) is 12.8 Å². The molecule has 3 aliphatic rings. The van der Waals surface area contributed by atoms with Crippen molar-refractivity contribution in [1.29, 1.82) is 0 Å². The van der Waals surface area contributed by atoms with Crippen molar-refractivity contribution in [2.75, 3.05) is 6.61 Å². The molecule has 0 spiro atoms. The van der Waals surface area contributed by atoms with Gasteiger partial charge in [-0.1, -0.05) is 12.7 Å². The number of aliphatic hydroxyl groups excluding tert-OH is 1. The van der Waals surface area contributed by atoms with Crippen LogP contribution >= 0.6 is 0 Å². The highest BCUT2D eigenvalue weighted by molar-refractivity contribution is 5.92. The zero-order chi connectivity index (χ0) is 22.2. The monoisotopic (exact) mass is 420 g/mol. The van der Waals surface area contributed by atoms with E-state index in [1.165, 1.54) is 13.0 Å². The van der Waals surface area contributed by atoms with Crippen LogP contribution in [0.2, 0.25) is 0 Å². The van der Waals surface area contributed by atoms with Crippen LogP contribution in [-0.2, 0) is 33.3 Å². The van der Waals surface area contributed by atoms with Crippen LogP contribution in [0.4, 0.5) is 0 Å². The summed E-state index contributed by atoms with van der Waals surface area (Å²) >= 11 is 0. The minimum absolute atomic E-state index is 0.125. The standard InChI is InChI=1S/C22H28O8/c1-6-14(10-23)21(26)29-17-9-22(5)18(30-22)8-15(27-13(4)24)11(2)7-16-19(17)12(3)20(25)28-16/h6-7,15-19,23H,3,8-10H2,1-2,4-5H3/b11-7-,14-6+/t15-,16+,17-,18-,19-,22+/m1/s1. The number of allylic oxidation sites excluding steroid dienone is 1. The van der Waals surface area contributed by atoms with E-state index >= 15 is 0 Å². The number of aliphatic hydroxyl groups is 1. The summed E-state index contributed by atoms with van der Waals surface area (Å²) in [7, 11) is 0. The van der Waals surface area contributed by atoms with Crippen molar-refractivity contribution in [2.45, 2.75) is 70.6 Å². The first-order chi connectivity index (χ1) is 14.1. The molecule has 2 aliphatic heterocycles. The molecule has 30 heavy (non-hydrogen) atoms. The maximum absolute atomic E-state index is 12.5. The van der Waals surface area contributed by atoms with Gasteiger partial charge in [0.2, 0.25) is 0 Å². The molecule has 1 N–H and O–H groups in total. The zero-order valence-corrected chi connectivity index (χ0v) is 17.7. The molecule has 3 rings (SSSR count). The topological polar surface area (TPSA) is 112 Å². The van der Waals surface area contributed by atoms with Crippen LogP contribution in [0.3, 0.4) is 0 Å². The summed E-state index contributed by atoms with van der Waals surface area (Å²) in [5.74, 6) is -2.25. The molecule has 164 valence electrons. The fraction of sp³-hybridized carbons (Fsp3) is 0.591. The van der Waals surface area contributed by atoms with E-state index in [-0.39, 0.29) is 17.3 Å². The zero-order valence-electron chi connectivity index (χ0n) is 17.7. The third kappa shape index (κ3) is 4.34. The quantitative estimate of drug-likeness (QED) is 0.241. The van der Waals surface area contributed by atoms with Crippen LogP contribution < -0.4 is 0 Å². The molecule has 2 heterocycles. The maximum atomic E-state index is 12.5. The highest BCUT2D eigenvalue weighted by atomic mass is 16.6. The van der Waals surface area contributed by atoms with Gasteiger partial charge in [0.15, 0.2) is 0 Å². The third-order valence-corrected chi connectivity index (χ3v) is 6.01. The molecule has 1 aliphatic carbocycles. The Morgan fingerprint density at radius 3 is 2.70 bits per heavy atom. The van der Waals surface area contributed by atoms with E-state index in [1.807, 2.05) is 6.92 Å². The molecule has 8 heteroatoms. The summed E-state index contributed by atoms with van der Waals surface area (Å²) in [6, 6.07) is 0. The predicted molar refractivity (Wildman–Crippen MR) is 105 cm³/mol. The maximum Gasteiger partial charge on any atom is 0.336 e. The molecule has 2 saturated heterocycles. The summed E-state index contributed by atoms with van der Waals surface area (Å²) in [6.07, 6.45) is 1.79. The molecule has 0 saturated carbocycles. The predicted octanol–water partition coefficient (Wildman–Crippen LogP) is 1.76. The minimum atomic E-state index is -0.743. The number of ether oxygens (including phenoxy) is 4. The van der Waals surface area contributed by atoms with Crippen molar-refractivity contribution >= 4 is 17.9 Å². The van der Waals surface area contributed by atoms with Crippen molar-refractivity contribution in [2.24, 2.45) is 5.92 Å². The Labute approximate surface area is 175 Å². The molecule has 0 radical (unpaired) electrons. The number of hydrogen-bond donors (Lipinski definition) is 1. The number of fused-ring (bicyclic) bond motifs is 2. The van der Waals surface area contributed by atoms with Gasteiger partial charge in [-0.3, -0.25) is 4.79 Å². The molecule has 6 atom stereocenters. The fourth-order valence-electron chi connectivity index (χ4n) is 4.16. The molecule has 0 unspecified atom stereocenters. The van der Waals surface area contributed by atoms with Gasteiger partial charge in [0.1, 0.15) is 18.3 Å². The lowest BCUT2D eigenvalue weighted by Crippen LogP contribution is -2.38. The summed E-state index contributed by atoms with van der Waals surface area (Å²) in [5, 5.41) is 9.40. The van der Waals surface area contributed by atoms with Gasteiger partial charge in [-0.05, 0) is 32.4 Å². The Balaban J connectivity index is 1.98. The van der Waals surface area contributed by atoms with Crippen LogP contribution in [0.1, 0.15) is 40.5 Å². The van der Waals surface area contributed by atoms with Gasteiger partial charge in [0, 0.05) is 25.3 Å². The Morgan fingerprint density at radius 1 is 1.40 bits per heavy atom. The van der Waals surface area contributed by atoms with E-state index in [0.717, 1.165) is 5.57 Å². The number of esters is 3. The van der Waals surface area contributed by atoms with Crippen molar-refractivity contribution in [1.82, 2.24) is 0 Å². The summed E-state index contributed by atoms with van der Waals surface area (Å²) in [5.41, 5.74) is 0.432. The first-order valence-electron chi connectivity index (χ1n) is 9.99. The third-order valence-electron chi connectivity index (χ3n) is 6.01. The Kier molecular flexibility index (Phi) is 6.19. The highest BCUT2D eigenvalue weighted by Crippen LogP contribution is 2.48. The Hall–Kier alpha value is -2.45. The lowest BCUT2D eigenvalue weighted by molar-refractivity contribution is -0.149. The number of carbonyl (C=O) groups excluding carboxylic acids is 3. The van der Waals surface area contributed by atoms with Gasteiger partial charge in [-0.15, -0.1) is 0 Å². The summed E-state index contributed by atoms with van der Waals surface area (Å²) in [6.45, 7) is 10.1. The second kappa shape index (κ2) is 8.35. The van der Waals surface area contributed by atoms with Crippen LogP contribution in [0, 0.1) is 5.92 Å². The van der Waals surface area contributed by atoms with Crippen molar-refractivity contribution in [3.05, 3.63) is 35.5 Å². The normalized spacial score (nSPS) is 37.8. The van der Waals surface area contributed by atoms with Gasteiger partial charge < -0.3 is 24.1 Å². The van der Waals surface area contributed by atoms with Crippen molar-refractivity contribution in [3.63, 3.8) is 0 Å². The molecule has 0 bridgehead atoms. The van der Waals surface area contributed by atoms with Crippen LogP contribution in [0.5, 0.6) is 0 Å². The smallest absolute Gasteiger partial charge is 0.336 e. The van der Waals surface area contributed by atoms with Gasteiger partial charge in [-0.2, -0.15) is 0 Å². The lowest BCUT2D eigenvalue weighted by Gasteiger charge is -2.29. The molecule has 2 fully saturated rings. The molecular weight excluding hydrogens is 392 g/mol. The Morgan fingerprint density at radius 2 is 2.10 bits per heavy atom. The average Bonchev–Trinajstić information content (AvgIpc) is 3.19. The van der Waals surface area contributed by atoms with E-state index in [2.05, 4.69) is 6.58 Å². The lowest BCUT2D eigenvalue weighted by atomic mass is 9.82. The second-order valence-electron chi connectivity index (χ2n) is 8.20. The molecule has 8 nitrogen and oxygen atoms in total. The van der Waals surface area contributed by atoms with Crippen LogP contribution in [0.15, 0.2) is 35.5 Å². The van der Waals surface area contributed by atoms with Gasteiger partial charge >= 0.3 is 17.9 Å². The molecular formula is C22H28O8. The van der Waals surface area contributed by atoms with Crippen molar-refractivity contribution < 1.29 is 38.4 Å². The molecule has 0 aromatic carbocycles. The van der Waals surface area contributed by atoms with Gasteiger partial charge in [0.25, 0.3) is 0 Å². The summed E-state index contributed by atoms with van der Waals surface area (Å²) < 4.78 is 22.6. The average molecular weight is 420 g/mol. The van der Waals surface area contributed by atoms with Crippen LogP contribution in [-0.4, -0.2) is 59.6 Å². The van der Waals surface area contributed by atoms with E-state index in [1.54, 1.807) is 19.9 Å². The molecule has 0 aromatic rings. The van der Waals surface area contributed by atoms with Crippen LogP contribution in [0.25, 0.3) is 0 Å². The number of hydrogen-bond acceptors (Lipinski definition) is 8. The minimum Gasteiger partial charge on any atom is -0.458 e. The highest BCUT2D eigenvalue weighted by Gasteiger charge is 2.58. The SMILES string of the molecule is C=C1C(=O)O[C@H]2/C=C(/C)[C@H](OC(C)=O)C[C@H]3O[C@@]3(C)C[C@@H](OC(=O)/C(=C/C)CO)[C@H]12. The fourth-order valence-corrected chi connectivity index (χ4v) is 4.16. The van der Waals surface area contributed by atoms with E-state index in [9.17, 15) is 19.5 Å². The molecule has 0 amide bonds. The Bertz CT molecular complexity index is 825. The largest absolute Gasteiger partial charge is 0.458 e. The summed E-state index contributed by atoms with van der Waals surface area (Å²) in [4.78, 5) is 36.4. The number of rotatable bonds is 4. The van der Waals surface area contributed by atoms with E-state index < -0.39 is 54.3 Å².